The topological polar surface area (TPSA) is 34.1 Å². The molecule has 0 aliphatic rings. The smallest absolute Gasteiger partial charge is 0.352 e. The summed E-state index contributed by atoms with van der Waals surface area (Å²) < 4.78 is 8.10. The molecule has 2 aromatic carbocycles. The van der Waals surface area contributed by atoms with E-state index < -0.39 is 0 Å². The third-order valence-electron chi connectivity index (χ3n) is 3.57. The lowest BCUT2D eigenvalue weighted by Crippen LogP contribution is -2.37. The number of oxazole rings is 1. The lowest BCUT2D eigenvalue weighted by molar-refractivity contribution is -0.682. The summed E-state index contributed by atoms with van der Waals surface area (Å²) in [6.07, 6.45) is 1.25. The maximum atomic E-state index is 11.3. The normalized spacial score (nSPS) is 10.9. The van der Waals surface area contributed by atoms with Gasteiger partial charge >= 0.3 is 5.89 Å². The SMILES string of the molecule is CC(=O)CC[n+]1c(Cc2ccccc2)oc2ccccc21. The summed E-state index contributed by atoms with van der Waals surface area (Å²) in [4.78, 5) is 11.3. The molecule has 0 aliphatic carbocycles. The van der Waals surface area contributed by atoms with Gasteiger partial charge in [0.1, 0.15) is 5.78 Å². The van der Waals surface area contributed by atoms with E-state index in [1.54, 1.807) is 6.92 Å². The molecule has 3 aromatic rings. The molecule has 0 spiro atoms. The van der Waals surface area contributed by atoms with Crippen LogP contribution in [0.15, 0.2) is 59.0 Å². The average molecular weight is 280 g/mol. The van der Waals surface area contributed by atoms with Crippen LogP contribution in [0.2, 0.25) is 0 Å². The van der Waals surface area contributed by atoms with Crippen molar-refractivity contribution >= 4 is 16.9 Å². The number of aryl methyl sites for hydroxylation is 1. The van der Waals surface area contributed by atoms with Gasteiger partial charge in [-0.05, 0) is 18.6 Å². The molecule has 0 amide bonds. The Balaban J connectivity index is 1.99. The van der Waals surface area contributed by atoms with Gasteiger partial charge in [0.2, 0.25) is 5.58 Å². The molecule has 1 aromatic heterocycles. The number of hydrogen-bond acceptors (Lipinski definition) is 2. The van der Waals surface area contributed by atoms with Crippen molar-refractivity contribution in [2.75, 3.05) is 0 Å². The Morgan fingerprint density at radius 2 is 1.76 bits per heavy atom. The Labute approximate surface area is 123 Å². The van der Waals surface area contributed by atoms with Crippen LogP contribution in [-0.4, -0.2) is 5.78 Å². The molecule has 0 fully saturated rings. The first-order chi connectivity index (χ1) is 10.2. The van der Waals surface area contributed by atoms with Crippen LogP contribution in [0.25, 0.3) is 11.1 Å². The van der Waals surface area contributed by atoms with Crippen molar-refractivity contribution in [1.82, 2.24) is 0 Å². The molecule has 3 heteroatoms. The van der Waals surface area contributed by atoms with Crippen LogP contribution >= 0.6 is 0 Å². The standard InChI is InChI=1S/C18H18NO2/c1-14(20)11-12-19-16-9-5-6-10-17(16)21-18(19)13-15-7-3-2-4-8-15/h2-10H,11-13H2,1H3/q+1. The van der Waals surface area contributed by atoms with Crippen LogP contribution in [0.4, 0.5) is 0 Å². The third-order valence-corrected chi connectivity index (χ3v) is 3.57. The van der Waals surface area contributed by atoms with Crippen molar-refractivity contribution in [3.63, 3.8) is 0 Å². The zero-order valence-electron chi connectivity index (χ0n) is 12.1. The summed E-state index contributed by atoms with van der Waals surface area (Å²) in [7, 11) is 0. The van der Waals surface area contributed by atoms with Crippen molar-refractivity contribution < 1.29 is 13.8 Å². The van der Waals surface area contributed by atoms with Crippen molar-refractivity contribution in [3.8, 4) is 0 Å². The Morgan fingerprint density at radius 3 is 2.52 bits per heavy atom. The van der Waals surface area contributed by atoms with Gasteiger partial charge in [0.25, 0.3) is 5.52 Å². The number of para-hydroxylation sites is 2. The Bertz CT molecular complexity index is 759. The number of ketones is 1. The Morgan fingerprint density at radius 1 is 1.05 bits per heavy atom. The van der Waals surface area contributed by atoms with Crippen molar-refractivity contribution in [1.29, 1.82) is 0 Å². The first kappa shape index (κ1) is 13.6. The van der Waals surface area contributed by atoms with Crippen molar-refractivity contribution in [2.24, 2.45) is 0 Å². The van der Waals surface area contributed by atoms with E-state index in [0.29, 0.717) is 13.0 Å². The van der Waals surface area contributed by atoms with Gasteiger partial charge in [-0.15, -0.1) is 0 Å². The number of Topliss-reactive ketones (excluding diaryl/α,β-unsaturated/α-hetero) is 1. The molecule has 106 valence electrons. The van der Waals surface area contributed by atoms with Crippen LogP contribution < -0.4 is 4.57 Å². The monoisotopic (exact) mass is 280 g/mol. The fourth-order valence-corrected chi connectivity index (χ4v) is 2.50. The molecule has 0 saturated heterocycles. The van der Waals surface area contributed by atoms with Gasteiger partial charge in [-0.3, -0.25) is 4.79 Å². The predicted molar refractivity (Wildman–Crippen MR) is 81.0 cm³/mol. The lowest BCUT2D eigenvalue weighted by atomic mass is 10.1. The van der Waals surface area contributed by atoms with Crippen LogP contribution in [0.3, 0.4) is 0 Å². The van der Waals surface area contributed by atoms with E-state index in [2.05, 4.69) is 16.7 Å². The quantitative estimate of drug-likeness (QED) is 0.672. The van der Waals surface area contributed by atoms with Gasteiger partial charge in [0.05, 0.1) is 12.8 Å². The van der Waals surface area contributed by atoms with Crippen molar-refractivity contribution in [2.45, 2.75) is 26.3 Å². The Hall–Kier alpha value is -2.42. The molecule has 3 rings (SSSR count). The number of carbonyl (C=O) groups excluding carboxylic acids is 1. The number of nitrogens with zero attached hydrogens (tertiary/aromatic N) is 1. The molecule has 0 unspecified atom stereocenters. The summed E-state index contributed by atoms with van der Waals surface area (Å²) >= 11 is 0. The maximum absolute atomic E-state index is 11.3. The fraction of sp³-hybridized carbons (Fsp3) is 0.222. The molecule has 0 saturated carbocycles. The second-order valence-electron chi connectivity index (χ2n) is 5.23. The van der Waals surface area contributed by atoms with Gasteiger partial charge in [0.15, 0.2) is 6.54 Å². The second-order valence-corrected chi connectivity index (χ2v) is 5.23. The fourth-order valence-electron chi connectivity index (χ4n) is 2.50. The van der Waals surface area contributed by atoms with Crippen LogP contribution in [0, 0.1) is 0 Å². The number of benzene rings is 2. The molecule has 0 N–H and O–H groups in total. The number of aromatic nitrogens is 1. The highest BCUT2D eigenvalue weighted by Crippen LogP contribution is 2.16. The zero-order chi connectivity index (χ0) is 14.7. The maximum Gasteiger partial charge on any atom is 0.352 e. The summed E-state index contributed by atoms with van der Waals surface area (Å²) in [5.41, 5.74) is 3.12. The first-order valence-corrected chi connectivity index (χ1v) is 7.17. The molecule has 21 heavy (non-hydrogen) atoms. The van der Waals surface area contributed by atoms with Gasteiger partial charge in [0, 0.05) is 6.07 Å². The summed E-state index contributed by atoms with van der Waals surface area (Å²) in [5.74, 6) is 1.09. The van der Waals surface area contributed by atoms with Gasteiger partial charge in [-0.25, -0.2) is 0 Å². The molecule has 1 heterocycles. The predicted octanol–water partition coefficient (Wildman–Crippen LogP) is 3.29. The number of rotatable bonds is 5. The molecular weight excluding hydrogens is 262 g/mol. The summed E-state index contributed by atoms with van der Waals surface area (Å²) in [5, 5.41) is 0. The molecule has 0 bridgehead atoms. The van der Waals surface area contributed by atoms with Crippen LogP contribution in [0.1, 0.15) is 24.8 Å². The minimum atomic E-state index is 0.193. The minimum Gasteiger partial charge on any atom is -0.401 e. The number of carbonyl (C=O) groups is 1. The molecule has 3 nitrogen and oxygen atoms in total. The van der Waals surface area contributed by atoms with E-state index in [1.807, 2.05) is 42.5 Å². The van der Waals surface area contributed by atoms with Gasteiger partial charge in [-0.1, -0.05) is 42.5 Å². The highest BCUT2D eigenvalue weighted by Gasteiger charge is 2.22. The Kier molecular flexibility index (Phi) is 3.82. The molecule has 0 atom stereocenters. The minimum absolute atomic E-state index is 0.193. The third kappa shape index (κ3) is 3.02. The molecule has 0 aliphatic heterocycles. The number of fused-ring (bicyclic) bond motifs is 1. The molecule has 0 radical (unpaired) electrons. The van der Waals surface area contributed by atoms with Crippen LogP contribution in [-0.2, 0) is 17.8 Å². The lowest BCUT2D eigenvalue weighted by Gasteiger charge is -1.98. The van der Waals surface area contributed by atoms with E-state index >= 15 is 0 Å². The largest absolute Gasteiger partial charge is 0.401 e. The van der Waals surface area contributed by atoms with Gasteiger partial charge in [-0.2, -0.15) is 4.57 Å². The van der Waals surface area contributed by atoms with Gasteiger partial charge < -0.3 is 4.42 Å². The van der Waals surface area contributed by atoms with E-state index in [1.165, 1.54) is 5.56 Å². The molecular formula is C18H18NO2+. The van der Waals surface area contributed by atoms with E-state index in [0.717, 1.165) is 23.4 Å². The summed E-state index contributed by atoms with van der Waals surface area (Å²) in [6, 6.07) is 18.2. The van der Waals surface area contributed by atoms with E-state index in [9.17, 15) is 4.79 Å². The number of hydrogen-bond donors (Lipinski definition) is 0. The van der Waals surface area contributed by atoms with E-state index in [-0.39, 0.29) is 5.78 Å². The summed E-state index contributed by atoms with van der Waals surface area (Å²) in [6.45, 7) is 2.29. The van der Waals surface area contributed by atoms with E-state index in [4.69, 9.17) is 4.42 Å². The highest BCUT2D eigenvalue weighted by atomic mass is 16.4. The van der Waals surface area contributed by atoms with Crippen molar-refractivity contribution in [3.05, 3.63) is 66.1 Å². The average Bonchev–Trinajstić information content (AvgIpc) is 2.83. The highest BCUT2D eigenvalue weighted by molar-refractivity contribution is 5.75. The zero-order valence-corrected chi connectivity index (χ0v) is 12.1. The van der Waals surface area contributed by atoms with Crippen LogP contribution in [0.5, 0.6) is 0 Å². The first-order valence-electron chi connectivity index (χ1n) is 7.17. The second kappa shape index (κ2) is 5.92.